The van der Waals surface area contributed by atoms with Crippen molar-refractivity contribution in [2.24, 2.45) is 5.92 Å². The van der Waals surface area contributed by atoms with E-state index in [0.29, 0.717) is 19.7 Å². The summed E-state index contributed by atoms with van der Waals surface area (Å²) in [5, 5.41) is 5.89. The average Bonchev–Trinajstić information content (AvgIpc) is 2.43. The van der Waals surface area contributed by atoms with Crippen LogP contribution in [0.4, 0.5) is 0 Å². The molecule has 0 aliphatic heterocycles. The summed E-state index contributed by atoms with van der Waals surface area (Å²) >= 11 is 0. The van der Waals surface area contributed by atoms with Crippen molar-refractivity contribution in [1.29, 1.82) is 0 Å². The van der Waals surface area contributed by atoms with Crippen LogP contribution in [0.5, 0.6) is 5.75 Å². The molecule has 0 aromatic heterocycles. The second-order valence-corrected chi connectivity index (χ2v) is 6.34. The fourth-order valence-electron chi connectivity index (χ4n) is 2.12. The Morgan fingerprint density at radius 1 is 1.29 bits per heavy atom. The smallest absolute Gasteiger partial charge is 0.224 e. The summed E-state index contributed by atoms with van der Waals surface area (Å²) in [6.07, 6.45) is 0. The highest BCUT2D eigenvalue weighted by atomic mass is 16.5. The lowest BCUT2D eigenvalue weighted by atomic mass is 9.86. The maximum Gasteiger partial charge on any atom is 0.224 e. The van der Waals surface area contributed by atoms with E-state index < -0.39 is 0 Å². The summed E-state index contributed by atoms with van der Waals surface area (Å²) in [5.74, 6) is 0.913. The minimum atomic E-state index is -0.0307. The van der Waals surface area contributed by atoms with Crippen molar-refractivity contribution >= 4 is 5.91 Å². The van der Waals surface area contributed by atoms with Crippen molar-refractivity contribution in [2.75, 3.05) is 26.7 Å². The molecule has 0 aliphatic carbocycles. The molecule has 1 rings (SSSR count). The summed E-state index contributed by atoms with van der Waals surface area (Å²) in [6.45, 7) is 10.1. The Bertz CT molecular complexity index is 452. The van der Waals surface area contributed by atoms with Crippen molar-refractivity contribution < 1.29 is 9.53 Å². The topological polar surface area (TPSA) is 50.4 Å². The molecule has 0 saturated carbocycles. The number of ether oxygens (including phenoxy) is 1. The van der Waals surface area contributed by atoms with Gasteiger partial charge in [0.1, 0.15) is 12.4 Å². The number of nitrogens with one attached hydrogen (secondary N) is 2. The molecule has 0 spiro atoms. The average molecular weight is 292 g/mol. The minimum Gasteiger partial charge on any atom is -0.491 e. The third-order valence-corrected chi connectivity index (χ3v) is 3.31. The van der Waals surface area contributed by atoms with Gasteiger partial charge < -0.3 is 15.4 Å². The van der Waals surface area contributed by atoms with Gasteiger partial charge in [0.2, 0.25) is 5.91 Å². The summed E-state index contributed by atoms with van der Waals surface area (Å²) in [6, 6.07) is 8.06. The third kappa shape index (κ3) is 5.76. The van der Waals surface area contributed by atoms with E-state index in [1.54, 1.807) is 0 Å². The van der Waals surface area contributed by atoms with Crippen LogP contribution in [0, 0.1) is 5.92 Å². The van der Waals surface area contributed by atoms with Crippen molar-refractivity contribution in [1.82, 2.24) is 10.6 Å². The fourth-order valence-corrected chi connectivity index (χ4v) is 2.12. The lowest BCUT2D eigenvalue weighted by Crippen LogP contribution is -2.36. The van der Waals surface area contributed by atoms with Gasteiger partial charge in [0.15, 0.2) is 0 Å². The van der Waals surface area contributed by atoms with E-state index in [4.69, 9.17) is 4.74 Å². The van der Waals surface area contributed by atoms with Crippen molar-refractivity contribution in [2.45, 2.75) is 33.1 Å². The first-order valence-corrected chi connectivity index (χ1v) is 7.51. The first-order chi connectivity index (χ1) is 9.86. The maximum absolute atomic E-state index is 11.8. The van der Waals surface area contributed by atoms with E-state index >= 15 is 0 Å². The van der Waals surface area contributed by atoms with Crippen LogP contribution < -0.4 is 15.4 Å². The SMILES string of the molecule is CNCC(C)C(=O)NCCOc1ccccc1C(C)(C)C. The molecule has 0 aliphatic rings. The zero-order valence-corrected chi connectivity index (χ0v) is 13.8. The summed E-state index contributed by atoms with van der Waals surface area (Å²) < 4.78 is 5.82. The molecule has 1 aromatic rings. The van der Waals surface area contributed by atoms with Crippen molar-refractivity contribution in [3.63, 3.8) is 0 Å². The molecular weight excluding hydrogens is 264 g/mol. The fraction of sp³-hybridized carbons (Fsp3) is 0.588. The molecule has 0 saturated heterocycles. The molecule has 0 fully saturated rings. The summed E-state index contributed by atoms with van der Waals surface area (Å²) in [4.78, 5) is 11.8. The van der Waals surface area contributed by atoms with E-state index in [1.807, 2.05) is 32.2 Å². The molecule has 1 unspecified atom stereocenters. The van der Waals surface area contributed by atoms with Gasteiger partial charge in [-0.3, -0.25) is 4.79 Å². The third-order valence-electron chi connectivity index (χ3n) is 3.31. The van der Waals surface area contributed by atoms with Crippen LogP contribution in [0.25, 0.3) is 0 Å². The van der Waals surface area contributed by atoms with Gasteiger partial charge in [-0.15, -0.1) is 0 Å². The van der Waals surface area contributed by atoms with Gasteiger partial charge in [-0.05, 0) is 24.1 Å². The largest absolute Gasteiger partial charge is 0.491 e. The molecule has 0 radical (unpaired) electrons. The predicted molar refractivity (Wildman–Crippen MR) is 86.7 cm³/mol. The Kier molecular flexibility index (Phi) is 6.69. The van der Waals surface area contributed by atoms with E-state index in [2.05, 4.69) is 37.5 Å². The van der Waals surface area contributed by atoms with Gasteiger partial charge in [0.05, 0.1) is 6.54 Å². The number of hydrogen-bond acceptors (Lipinski definition) is 3. The first-order valence-electron chi connectivity index (χ1n) is 7.51. The molecule has 4 heteroatoms. The molecule has 1 atom stereocenters. The molecule has 4 nitrogen and oxygen atoms in total. The number of benzene rings is 1. The molecule has 1 amide bonds. The molecule has 118 valence electrons. The van der Waals surface area contributed by atoms with Crippen LogP contribution in [-0.4, -0.2) is 32.7 Å². The second kappa shape index (κ2) is 8.03. The standard InChI is InChI=1S/C17H28N2O2/c1-13(12-18-5)16(20)19-10-11-21-15-9-7-6-8-14(15)17(2,3)4/h6-9,13,18H,10-12H2,1-5H3,(H,19,20). The normalized spacial score (nSPS) is 12.8. The van der Waals surface area contributed by atoms with Crippen LogP contribution in [-0.2, 0) is 10.2 Å². The number of amides is 1. The zero-order valence-electron chi connectivity index (χ0n) is 13.8. The van der Waals surface area contributed by atoms with Crippen LogP contribution in [0.1, 0.15) is 33.3 Å². The van der Waals surface area contributed by atoms with Gasteiger partial charge in [0, 0.05) is 12.5 Å². The molecule has 0 bridgehead atoms. The lowest BCUT2D eigenvalue weighted by molar-refractivity contribution is -0.124. The quantitative estimate of drug-likeness (QED) is 0.758. The van der Waals surface area contributed by atoms with E-state index in [9.17, 15) is 4.79 Å². The van der Waals surface area contributed by atoms with Crippen molar-refractivity contribution in [3.05, 3.63) is 29.8 Å². The van der Waals surface area contributed by atoms with Gasteiger partial charge in [-0.25, -0.2) is 0 Å². The number of para-hydroxylation sites is 1. The Hall–Kier alpha value is -1.55. The van der Waals surface area contributed by atoms with Crippen LogP contribution in [0.3, 0.4) is 0 Å². The Morgan fingerprint density at radius 2 is 1.95 bits per heavy atom. The first kappa shape index (κ1) is 17.5. The van der Waals surface area contributed by atoms with E-state index in [1.165, 1.54) is 5.56 Å². The van der Waals surface area contributed by atoms with Crippen molar-refractivity contribution in [3.8, 4) is 5.75 Å². The number of hydrogen-bond donors (Lipinski definition) is 2. The van der Waals surface area contributed by atoms with Crippen LogP contribution in [0.2, 0.25) is 0 Å². The number of carbonyl (C=O) groups excluding carboxylic acids is 1. The Labute approximate surface area is 128 Å². The molecule has 1 aromatic carbocycles. The highest BCUT2D eigenvalue weighted by Gasteiger charge is 2.18. The van der Waals surface area contributed by atoms with Gasteiger partial charge in [-0.2, -0.15) is 0 Å². The van der Waals surface area contributed by atoms with Crippen LogP contribution >= 0.6 is 0 Å². The number of carbonyl (C=O) groups is 1. The number of rotatable bonds is 7. The molecule has 0 heterocycles. The molecular formula is C17H28N2O2. The lowest BCUT2D eigenvalue weighted by Gasteiger charge is -2.22. The Morgan fingerprint density at radius 3 is 2.57 bits per heavy atom. The highest BCUT2D eigenvalue weighted by Crippen LogP contribution is 2.30. The van der Waals surface area contributed by atoms with Gasteiger partial charge in [0.25, 0.3) is 0 Å². The van der Waals surface area contributed by atoms with E-state index in [-0.39, 0.29) is 17.2 Å². The predicted octanol–water partition coefficient (Wildman–Crippen LogP) is 2.33. The van der Waals surface area contributed by atoms with Gasteiger partial charge >= 0.3 is 0 Å². The van der Waals surface area contributed by atoms with E-state index in [0.717, 1.165) is 5.75 Å². The molecule has 21 heavy (non-hydrogen) atoms. The highest BCUT2D eigenvalue weighted by molar-refractivity contribution is 5.78. The summed E-state index contributed by atoms with van der Waals surface area (Å²) in [5.41, 5.74) is 1.22. The Balaban J connectivity index is 2.45. The molecule has 2 N–H and O–H groups in total. The monoisotopic (exact) mass is 292 g/mol. The van der Waals surface area contributed by atoms with Crippen LogP contribution in [0.15, 0.2) is 24.3 Å². The zero-order chi connectivity index (χ0) is 15.9. The summed E-state index contributed by atoms with van der Waals surface area (Å²) in [7, 11) is 1.84. The maximum atomic E-state index is 11.8. The second-order valence-electron chi connectivity index (χ2n) is 6.34. The minimum absolute atomic E-state index is 0.0307. The van der Waals surface area contributed by atoms with Gasteiger partial charge in [-0.1, -0.05) is 45.9 Å².